The molecule has 1 N–H and O–H groups in total. The summed E-state index contributed by atoms with van der Waals surface area (Å²) in [6, 6.07) is 19.2. The smallest absolute Gasteiger partial charge is 0.245 e. The van der Waals surface area contributed by atoms with Crippen molar-refractivity contribution < 1.29 is 13.2 Å². The van der Waals surface area contributed by atoms with Gasteiger partial charge in [0, 0.05) is 31.3 Å². The van der Waals surface area contributed by atoms with Crippen LogP contribution in [0, 0.1) is 0 Å². The van der Waals surface area contributed by atoms with Gasteiger partial charge in [0.25, 0.3) is 0 Å². The lowest BCUT2D eigenvalue weighted by molar-refractivity contribution is -0.135. The normalized spacial score (nSPS) is 16.6. The highest BCUT2D eigenvalue weighted by atomic mass is 32.2. The van der Waals surface area contributed by atoms with Crippen molar-refractivity contribution in [2.45, 2.75) is 37.6 Å². The SMILES string of the molecule is CC(C(=O)N1CCC(S(=O)(=O)NCc2ccccc2)CC1)n1ccc2ccccc21. The van der Waals surface area contributed by atoms with E-state index in [-0.39, 0.29) is 11.9 Å². The highest BCUT2D eigenvalue weighted by Gasteiger charge is 2.33. The number of rotatable bonds is 6. The molecule has 0 bridgehead atoms. The molecule has 7 heteroatoms. The number of amides is 1. The fourth-order valence-corrected chi connectivity index (χ4v) is 5.54. The van der Waals surface area contributed by atoms with E-state index >= 15 is 0 Å². The van der Waals surface area contributed by atoms with E-state index in [1.54, 1.807) is 4.90 Å². The molecule has 1 unspecified atom stereocenters. The minimum Gasteiger partial charge on any atom is -0.341 e. The van der Waals surface area contributed by atoms with Gasteiger partial charge in [0.1, 0.15) is 6.04 Å². The van der Waals surface area contributed by atoms with Gasteiger partial charge in [-0.25, -0.2) is 13.1 Å². The third kappa shape index (κ3) is 4.27. The zero-order valence-corrected chi connectivity index (χ0v) is 17.9. The molecule has 1 aliphatic rings. The van der Waals surface area contributed by atoms with E-state index in [1.165, 1.54) is 0 Å². The second kappa shape index (κ2) is 8.62. The quantitative estimate of drug-likeness (QED) is 0.659. The summed E-state index contributed by atoms with van der Waals surface area (Å²) in [4.78, 5) is 14.8. The highest BCUT2D eigenvalue weighted by molar-refractivity contribution is 7.90. The summed E-state index contributed by atoms with van der Waals surface area (Å²) in [7, 11) is -3.42. The topological polar surface area (TPSA) is 71.4 Å². The van der Waals surface area contributed by atoms with Crippen molar-refractivity contribution in [1.82, 2.24) is 14.2 Å². The standard InChI is InChI=1S/C23H27N3O3S/c1-18(26-16-11-20-9-5-6-10-22(20)26)23(27)25-14-12-21(13-15-25)30(28,29)24-17-19-7-3-2-4-8-19/h2-11,16,18,21,24H,12-15,17H2,1H3. The summed E-state index contributed by atoms with van der Waals surface area (Å²) in [6.07, 6.45) is 2.85. The van der Waals surface area contributed by atoms with E-state index in [0.29, 0.717) is 32.5 Å². The zero-order chi connectivity index (χ0) is 21.1. The van der Waals surface area contributed by atoms with E-state index in [4.69, 9.17) is 0 Å². The number of carbonyl (C=O) groups is 1. The highest BCUT2D eigenvalue weighted by Crippen LogP contribution is 2.24. The molecule has 1 aromatic heterocycles. The third-order valence-electron chi connectivity index (χ3n) is 5.92. The number of nitrogens with zero attached hydrogens (tertiary/aromatic N) is 2. The number of carbonyl (C=O) groups excluding carboxylic acids is 1. The minimum absolute atomic E-state index is 0.0319. The van der Waals surface area contributed by atoms with Crippen molar-refractivity contribution in [3.63, 3.8) is 0 Å². The average molecular weight is 426 g/mol. The largest absolute Gasteiger partial charge is 0.341 e. The Kier molecular flexibility index (Phi) is 5.92. The van der Waals surface area contributed by atoms with Crippen LogP contribution in [0.4, 0.5) is 0 Å². The van der Waals surface area contributed by atoms with Crippen LogP contribution in [0.2, 0.25) is 0 Å². The number of nitrogens with one attached hydrogen (secondary N) is 1. The van der Waals surface area contributed by atoms with Crippen LogP contribution in [0.15, 0.2) is 66.9 Å². The number of hydrogen-bond acceptors (Lipinski definition) is 3. The van der Waals surface area contributed by atoms with Crippen LogP contribution in [0.5, 0.6) is 0 Å². The first-order chi connectivity index (χ1) is 14.5. The maximum absolute atomic E-state index is 13.0. The Morgan fingerprint density at radius 3 is 2.43 bits per heavy atom. The summed E-state index contributed by atoms with van der Waals surface area (Å²) in [5, 5.41) is 0.638. The second-order valence-electron chi connectivity index (χ2n) is 7.83. The lowest BCUT2D eigenvalue weighted by Crippen LogP contribution is -2.47. The predicted molar refractivity (Wildman–Crippen MR) is 118 cm³/mol. The van der Waals surface area contributed by atoms with Crippen molar-refractivity contribution in [3.05, 3.63) is 72.4 Å². The number of aromatic nitrogens is 1. The molecule has 1 fully saturated rings. The van der Waals surface area contributed by atoms with Gasteiger partial charge in [-0.3, -0.25) is 4.79 Å². The molecule has 158 valence electrons. The number of benzene rings is 2. The molecule has 0 spiro atoms. The first kappa shape index (κ1) is 20.6. The summed E-state index contributed by atoms with van der Waals surface area (Å²) in [5.41, 5.74) is 1.96. The Balaban J connectivity index is 1.36. The van der Waals surface area contributed by atoms with E-state index in [1.807, 2.05) is 78.4 Å². The van der Waals surface area contributed by atoms with Gasteiger partial charge in [-0.05, 0) is 42.8 Å². The molecule has 30 heavy (non-hydrogen) atoms. The van der Waals surface area contributed by atoms with Crippen molar-refractivity contribution in [3.8, 4) is 0 Å². The first-order valence-corrected chi connectivity index (χ1v) is 11.9. The molecular formula is C23H27N3O3S. The molecule has 1 atom stereocenters. The van der Waals surface area contributed by atoms with E-state index < -0.39 is 15.3 Å². The number of fused-ring (bicyclic) bond motifs is 1. The van der Waals surface area contributed by atoms with Crippen molar-refractivity contribution >= 4 is 26.8 Å². The molecule has 1 saturated heterocycles. The minimum atomic E-state index is -3.42. The predicted octanol–water partition coefficient (Wildman–Crippen LogP) is 3.31. The molecule has 2 aromatic carbocycles. The fraction of sp³-hybridized carbons (Fsp3) is 0.348. The van der Waals surface area contributed by atoms with Crippen LogP contribution in [0.1, 0.15) is 31.4 Å². The molecular weight excluding hydrogens is 398 g/mol. The molecule has 0 radical (unpaired) electrons. The molecule has 0 saturated carbocycles. The zero-order valence-electron chi connectivity index (χ0n) is 17.1. The maximum atomic E-state index is 13.0. The van der Waals surface area contributed by atoms with Crippen LogP contribution < -0.4 is 4.72 Å². The van der Waals surface area contributed by atoms with Crippen LogP contribution in [0.3, 0.4) is 0 Å². The van der Waals surface area contributed by atoms with Gasteiger partial charge in [-0.15, -0.1) is 0 Å². The fourth-order valence-electron chi connectivity index (χ4n) is 4.11. The van der Waals surface area contributed by atoms with Crippen LogP contribution in [0.25, 0.3) is 10.9 Å². The van der Waals surface area contributed by atoms with E-state index in [2.05, 4.69) is 4.72 Å². The summed E-state index contributed by atoms with van der Waals surface area (Å²) in [5.74, 6) is 0.0319. The Hall–Kier alpha value is -2.64. The summed E-state index contributed by atoms with van der Waals surface area (Å²) in [6.45, 7) is 3.11. The van der Waals surface area contributed by atoms with Gasteiger partial charge in [0.2, 0.25) is 15.9 Å². The Labute approximate surface area is 177 Å². The molecule has 6 nitrogen and oxygen atoms in total. The number of likely N-dealkylation sites (tertiary alicyclic amines) is 1. The summed E-state index contributed by atoms with van der Waals surface area (Å²) < 4.78 is 30.1. The van der Waals surface area contributed by atoms with Gasteiger partial charge >= 0.3 is 0 Å². The number of piperidine rings is 1. The molecule has 4 rings (SSSR count). The Morgan fingerprint density at radius 1 is 1.03 bits per heavy atom. The second-order valence-corrected chi connectivity index (χ2v) is 9.88. The van der Waals surface area contributed by atoms with Gasteiger partial charge < -0.3 is 9.47 Å². The lowest BCUT2D eigenvalue weighted by atomic mass is 10.1. The van der Waals surface area contributed by atoms with Crippen molar-refractivity contribution in [2.24, 2.45) is 0 Å². The van der Waals surface area contributed by atoms with Crippen molar-refractivity contribution in [2.75, 3.05) is 13.1 Å². The van der Waals surface area contributed by atoms with Crippen LogP contribution in [-0.4, -0.2) is 42.1 Å². The molecule has 1 amide bonds. The van der Waals surface area contributed by atoms with E-state index in [9.17, 15) is 13.2 Å². The number of sulfonamides is 1. The van der Waals surface area contributed by atoms with Gasteiger partial charge in [-0.1, -0.05) is 48.5 Å². The average Bonchev–Trinajstić information content (AvgIpc) is 3.22. The first-order valence-electron chi connectivity index (χ1n) is 10.3. The summed E-state index contributed by atoms with van der Waals surface area (Å²) >= 11 is 0. The maximum Gasteiger partial charge on any atom is 0.245 e. The van der Waals surface area contributed by atoms with Gasteiger partial charge in [-0.2, -0.15) is 0 Å². The Bertz CT molecular complexity index is 1120. The molecule has 3 aromatic rings. The van der Waals surface area contributed by atoms with Crippen LogP contribution in [-0.2, 0) is 21.4 Å². The number of hydrogen-bond donors (Lipinski definition) is 1. The van der Waals surface area contributed by atoms with Crippen molar-refractivity contribution in [1.29, 1.82) is 0 Å². The molecule has 1 aliphatic heterocycles. The lowest BCUT2D eigenvalue weighted by Gasteiger charge is -2.33. The Morgan fingerprint density at radius 2 is 1.70 bits per heavy atom. The van der Waals surface area contributed by atoms with Gasteiger partial charge in [0.05, 0.1) is 5.25 Å². The number of para-hydroxylation sites is 1. The molecule has 2 heterocycles. The monoisotopic (exact) mass is 425 g/mol. The molecule has 0 aliphatic carbocycles. The van der Waals surface area contributed by atoms with Crippen LogP contribution >= 0.6 is 0 Å². The third-order valence-corrected chi connectivity index (χ3v) is 7.81. The van der Waals surface area contributed by atoms with Gasteiger partial charge in [0.15, 0.2) is 0 Å². The van der Waals surface area contributed by atoms with E-state index in [0.717, 1.165) is 16.5 Å².